The van der Waals surface area contributed by atoms with Crippen LogP contribution in [-0.4, -0.2) is 28.6 Å². The monoisotopic (exact) mass is 221 g/mol. The number of nitrogens with one attached hydrogen (secondary N) is 1. The van der Waals surface area contributed by atoms with E-state index in [1.807, 2.05) is 0 Å². The number of aliphatic hydroxyl groups excluding tert-OH is 1. The summed E-state index contributed by atoms with van der Waals surface area (Å²) in [4.78, 5) is 27.8. The summed E-state index contributed by atoms with van der Waals surface area (Å²) < 4.78 is 0. The van der Waals surface area contributed by atoms with E-state index >= 15 is 0 Å². The molecule has 0 aromatic carbocycles. The van der Waals surface area contributed by atoms with Crippen molar-refractivity contribution in [1.82, 2.24) is 10.3 Å². The van der Waals surface area contributed by atoms with Gasteiger partial charge < -0.3 is 5.11 Å². The van der Waals surface area contributed by atoms with Gasteiger partial charge in [0, 0.05) is 19.2 Å². The number of hydrogen-bond acceptors (Lipinski definition) is 4. The molecule has 0 spiro atoms. The first kappa shape index (κ1) is 10.6. The lowest BCUT2D eigenvalue weighted by Gasteiger charge is -2.25. The number of anilines is 1. The van der Waals surface area contributed by atoms with Crippen LogP contribution in [0.3, 0.4) is 0 Å². The molecule has 2 heterocycles. The molecular weight excluding hydrogens is 210 g/mol. The standard InChI is InChI=1S/C10H11N3O3/c14-6-7-1-2-8(11-5-7)13-4-3-9(15)12-10(13)16/h1-2,5,14H,3-4,6H2,(H,12,15,16). The average Bonchev–Trinajstić information content (AvgIpc) is 2.29. The highest BCUT2D eigenvalue weighted by molar-refractivity contribution is 6.05. The van der Waals surface area contributed by atoms with Gasteiger partial charge in [0.05, 0.1) is 6.61 Å². The van der Waals surface area contributed by atoms with Crippen molar-refractivity contribution < 1.29 is 14.7 Å². The average molecular weight is 221 g/mol. The number of pyridine rings is 1. The molecule has 0 radical (unpaired) electrons. The fourth-order valence-corrected chi connectivity index (χ4v) is 1.45. The molecule has 1 aromatic rings. The number of carbonyl (C=O) groups is 2. The van der Waals surface area contributed by atoms with Gasteiger partial charge in [0.2, 0.25) is 5.91 Å². The number of amides is 3. The molecule has 0 aliphatic carbocycles. The summed E-state index contributed by atoms with van der Waals surface area (Å²) in [5, 5.41) is 11.1. The van der Waals surface area contributed by atoms with E-state index in [4.69, 9.17) is 5.11 Å². The third kappa shape index (κ3) is 2.01. The quantitative estimate of drug-likeness (QED) is 0.737. The van der Waals surface area contributed by atoms with Crippen molar-refractivity contribution in [1.29, 1.82) is 0 Å². The second kappa shape index (κ2) is 4.28. The summed E-state index contributed by atoms with van der Waals surface area (Å²) >= 11 is 0. The molecule has 0 saturated carbocycles. The van der Waals surface area contributed by atoms with E-state index < -0.39 is 6.03 Å². The van der Waals surface area contributed by atoms with Gasteiger partial charge in [-0.25, -0.2) is 9.78 Å². The van der Waals surface area contributed by atoms with Crippen LogP contribution in [-0.2, 0) is 11.4 Å². The van der Waals surface area contributed by atoms with E-state index in [0.717, 1.165) is 0 Å². The second-order valence-electron chi connectivity index (χ2n) is 3.44. The van der Waals surface area contributed by atoms with Gasteiger partial charge in [0.25, 0.3) is 0 Å². The Balaban J connectivity index is 2.17. The SMILES string of the molecule is O=C1CCN(c2ccc(CO)cn2)C(=O)N1. The van der Waals surface area contributed by atoms with Gasteiger partial charge in [-0.05, 0) is 11.6 Å². The van der Waals surface area contributed by atoms with Crippen LogP contribution >= 0.6 is 0 Å². The fourth-order valence-electron chi connectivity index (χ4n) is 1.45. The molecule has 1 saturated heterocycles. The predicted octanol–water partition coefficient (Wildman–Crippen LogP) is 0.0202. The molecule has 1 aliphatic rings. The fraction of sp³-hybridized carbons (Fsp3) is 0.300. The minimum atomic E-state index is -0.458. The van der Waals surface area contributed by atoms with E-state index in [9.17, 15) is 9.59 Å². The lowest BCUT2D eigenvalue weighted by molar-refractivity contribution is -0.120. The van der Waals surface area contributed by atoms with Gasteiger partial charge in [-0.2, -0.15) is 0 Å². The molecule has 2 N–H and O–H groups in total. The van der Waals surface area contributed by atoms with Crippen LogP contribution in [0.5, 0.6) is 0 Å². The van der Waals surface area contributed by atoms with Crippen molar-refractivity contribution in [3.8, 4) is 0 Å². The molecule has 3 amide bonds. The van der Waals surface area contributed by atoms with Gasteiger partial charge in [0.15, 0.2) is 0 Å². The zero-order chi connectivity index (χ0) is 11.5. The molecule has 1 aromatic heterocycles. The Morgan fingerprint density at radius 2 is 2.25 bits per heavy atom. The van der Waals surface area contributed by atoms with Crippen LogP contribution in [0, 0.1) is 0 Å². The van der Waals surface area contributed by atoms with Crippen LogP contribution in [0.15, 0.2) is 18.3 Å². The molecule has 16 heavy (non-hydrogen) atoms. The number of rotatable bonds is 2. The van der Waals surface area contributed by atoms with Gasteiger partial charge >= 0.3 is 6.03 Å². The number of aliphatic hydroxyl groups is 1. The molecule has 84 valence electrons. The number of urea groups is 1. The molecule has 0 atom stereocenters. The normalized spacial score (nSPS) is 16.2. The molecule has 1 fully saturated rings. The van der Waals surface area contributed by atoms with Crippen molar-refractivity contribution in [2.75, 3.05) is 11.4 Å². The first-order chi connectivity index (χ1) is 7.70. The van der Waals surface area contributed by atoms with Crippen LogP contribution in [0.1, 0.15) is 12.0 Å². The number of hydrogen-bond donors (Lipinski definition) is 2. The minimum absolute atomic E-state index is 0.0854. The van der Waals surface area contributed by atoms with Gasteiger partial charge in [-0.15, -0.1) is 0 Å². The zero-order valence-electron chi connectivity index (χ0n) is 8.51. The van der Waals surface area contributed by atoms with E-state index in [1.165, 1.54) is 11.1 Å². The largest absolute Gasteiger partial charge is 0.392 e. The summed E-state index contributed by atoms with van der Waals surface area (Å²) in [5.74, 6) is 0.204. The van der Waals surface area contributed by atoms with Crippen molar-refractivity contribution in [3.63, 3.8) is 0 Å². The molecule has 6 nitrogen and oxygen atoms in total. The maximum atomic E-state index is 11.5. The highest BCUT2D eigenvalue weighted by Gasteiger charge is 2.24. The van der Waals surface area contributed by atoms with Gasteiger partial charge in [0.1, 0.15) is 5.82 Å². The number of aromatic nitrogens is 1. The minimum Gasteiger partial charge on any atom is -0.392 e. The third-order valence-corrected chi connectivity index (χ3v) is 2.32. The van der Waals surface area contributed by atoms with E-state index in [1.54, 1.807) is 12.1 Å². The first-order valence-corrected chi connectivity index (χ1v) is 4.88. The Bertz CT molecular complexity index is 416. The van der Waals surface area contributed by atoms with Crippen LogP contribution < -0.4 is 10.2 Å². The molecule has 0 unspecified atom stereocenters. The summed E-state index contributed by atoms with van der Waals surface area (Å²) in [5.41, 5.74) is 0.678. The van der Waals surface area contributed by atoms with Crippen molar-refractivity contribution in [2.45, 2.75) is 13.0 Å². The Labute approximate surface area is 91.9 Å². The molecule has 1 aliphatic heterocycles. The second-order valence-corrected chi connectivity index (χ2v) is 3.44. The van der Waals surface area contributed by atoms with Gasteiger partial charge in [-0.1, -0.05) is 6.07 Å². The van der Waals surface area contributed by atoms with Gasteiger partial charge in [-0.3, -0.25) is 15.0 Å². The van der Waals surface area contributed by atoms with Crippen molar-refractivity contribution in [2.24, 2.45) is 0 Å². The maximum absolute atomic E-state index is 11.5. The van der Waals surface area contributed by atoms with E-state index in [2.05, 4.69) is 10.3 Å². The Morgan fingerprint density at radius 1 is 1.44 bits per heavy atom. The molecular formula is C10H11N3O3. The van der Waals surface area contributed by atoms with E-state index in [0.29, 0.717) is 17.9 Å². The Kier molecular flexibility index (Phi) is 2.82. The lowest BCUT2D eigenvalue weighted by Crippen LogP contribution is -2.49. The third-order valence-electron chi connectivity index (χ3n) is 2.32. The molecule has 2 rings (SSSR count). The summed E-state index contributed by atoms with van der Waals surface area (Å²) in [6, 6.07) is 2.87. The highest BCUT2D eigenvalue weighted by atomic mass is 16.3. The zero-order valence-corrected chi connectivity index (χ0v) is 8.51. The first-order valence-electron chi connectivity index (χ1n) is 4.88. The van der Waals surface area contributed by atoms with Crippen LogP contribution in [0.25, 0.3) is 0 Å². The highest BCUT2D eigenvalue weighted by Crippen LogP contribution is 2.14. The summed E-state index contributed by atoms with van der Waals surface area (Å²) in [7, 11) is 0. The Morgan fingerprint density at radius 3 is 2.81 bits per heavy atom. The van der Waals surface area contributed by atoms with Crippen LogP contribution in [0.4, 0.5) is 10.6 Å². The predicted molar refractivity (Wildman–Crippen MR) is 55.7 cm³/mol. The van der Waals surface area contributed by atoms with Crippen molar-refractivity contribution in [3.05, 3.63) is 23.9 Å². The van der Waals surface area contributed by atoms with Crippen molar-refractivity contribution >= 4 is 17.8 Å². The topological polar surface area (TPSA) is 82.5 Å². The lowest BCUT2D eigenvalue weighted by atomic mass is 10.2. The number of carbonyl (C=O) groups excluding carboxylic acids is 2. The molecule has 6 heteroatoms. The number of nitrogens with zero attached hydrogens (tertiary/aromatic N) is 2. The van der Waals surface area contributed by atoms with E-state index in [-0.39, 0.29) is 18.9 Å². The summed E-state index contributed by atoms with van der Waals surface area (Å²) in [6.45, 7) is 0.244. The number of imide groups is 1. The Hall–Kier alpha value is -1.95. The summed E-state index contributed by atoms with van der Waals surface area (Å²) in [6.07, 6.45) is 1.77. The van der Waals surface area contributed by atoms with Crippen LogP contribution in [0.2, 0.25) is 0 Å². The smallest absolute Gasteiger partial charge is 0.329 e. The molecule has 0 bridgehead atoms. The maximum Gasteiger partial charge on any atom is 0.329 e.